The number of hydrogen-bond donors (Lipinski definition) is 2. The van der Waals surface area contributed by atoms with Crippen molar-refractivity contribution in [1.29, 1.82) is 0 Å². The summed E-state index contributed by atoms with van der Waals surface area (Å²) < 4.78 is 11.5. The zero-order chi connectivity index (χ0) is 20.2. The summed E-state index contributed by atoms with van der Waals surface area (Å²) in [7, 11) is 1.68. The average molecular weight is 389 g/mol. The van der Waals surface area contributed by atoms with Crippen molar-refractivity contribution in [3.8, 4) is 11.5 Å². The van der Waals surface area contributed by atoms with Crippen molar-refractivity contribution in [2.75, 3.05) is 39.9 Å². The van der Waals surface area contributed by atoms with Crippen LogP contribution in [-0.2, 0) is 6.54 Å². The number of methoxy groups -OCH3 is 1. The Labute approximate surface area is 170 Å². The lowest BCUT2D eigenvalue weighted by atomic mass is 10.2. The Morgan fingerprint density at radius 1 is 1.14 bits per heavy atom. The molecule has 0 saturated carbocycles. The molecule has 1 aliphatic rings. The maximum atomic E-state index is 5.94. The van der Waals surface area contributed by atoms with Crippen molar-refractivity contribution in [3.63, 3.8) is 0 Å². The molecule has 0 saturated heterocycles. The lowest BCUT2D eigenvalue weighted by Crippen LogP contribution is -2.42. The van der Waals surface area contributed by atoms with Crippen LogP contribution >= 0.6 is 0 Å². The number of hydrogen-bond acceptors (Lipinski definition) is 4. The lowest BCUT2D eigenvalue weighted by Gasteiger charge is -2.19. The molecule has 0 radical (unpaired) electrons. The Hall–Kier alpha value is -2.21. The molecule has 2 rings (SSSR count). The van der Waals surface area contributed by atoms with Crippen LogP contribution < -0.4 is 20.1 Å². The molecule has 0 fully saturated rings. The summed E-state index contributed by atoms with van der Waals surface area (Å²) in [6.45, 7) is 11.5. The number of guanidine groups is 1. The molecule has 0 bridgehead atoms. The normalized spacial score (nSPS) is 14.5. The highest BCUT2D eigenvalue weighted by atomic mass is 16.5. The largest absolute Gasteiger partial charge is 0.493 e. The fraction of sp³-hybridized carbons (Fsp3) is 0.591. The number of aliphatic imine (C=N–C) groups is 1. The first-order valence-electron chi connectivity index (χ1n) is 10.4. The Morgan fingerprint density at radius 2 is 1.89 bits per heavy atom. The van der Waals surface area contributed by atoms with Gasteiger partial charge in [-0.25, -0.2) is 4.99 Å². The van der Waals surface area contributed by atoms with E-state index in [4.69, 9.17) is 14.5 Å². The summed E-state index contributed by atoms with van der Waals surface area (Å²) in [6, 6.07) is 6.48. The van der Waals surface area contributed by atoms with Crippen LogP contribution in [0.15, 0.2) is 35.3 Å². The zero-order valence-corrected chi connectivity index (χ0v) is 17.8. The van der Waals surface area contributed by atoms with Crippen LogP contribution in [0.1, 0.15) is 39.2 Å². The van der Waals surface area contributed by atoms with Gasteiger partial charge in [-0.2, -0.15) is 0 Å². The summed E-state index contributed by atoms with van der Waals surface area (Å²) in [5.41, 5.74) is 1.09. The van der Waals surface area contributed by atoms with E-state index >= 15 is 0 Å². The quantitative estimate of drug-likeness (QED) is 0.346. The Bertz CT molecular complexity index is 633. The maximum absolute atomic E-state index is 5.94. The van der Waals surface area contributed by atoms with Gasteiger partial charge in [0.1, 0.15) is 6.61 Å². The van der Waals surface area contributed by atoms with Crippen molar-refractivity contribution in [2.45, 2.75) is 46.2 Å². The number of ether oxygens (including phenoxy) is 2. The highest BCUT2D eigenvalue weighted by Gasteiger charge is 2.12. The summed E-state index contributed by atoms with van der Waals surface area (Å²) in [5.74, 6) is 2.39. The van der Waals surface area contributed by atoms with Gasteiger partial charge in [0.05, 0.1) is 13.7 Å². The van der Waals surface area contributed by atoms with Gasteiger partial charge in [0.2, 0.25) is 0 Å². The summed E-state index contributed by atoms with van der Waals surface area (Å²) in [5, 5.41) is 6.81. The van der Waals surface area contributed by atoms with Crippen LogP contribution in [-0.4, -0.2) is 56.8 Å². The number of nitrogens with one attached hydrogen (secondary N) is 2. The van der Waals surface area contributed by atoms with Crippen LogP contribution in [0, 0.1) is 0 Å². The number of nitrogens with zero attached hydrogens (tertiary/aromatic N) is 2. The van der Waals surface area contributed by atoms with E-state index in [1.54, 1.807) is 7.11 Å². The van der Waals surface area contributed by atoms with E-state index in [1.807, 2.05) is 12.1 Å². The summed E-state index contributed by atoms with van der Waals surface area (Å²) in [6.07, 6.45) is 6.53. The van der Waals surface area contributed by atoms with Crippen molar-refractivity contribution in [2.24, 2.45) is 4.99 Å². The van der Waals surface area contributed by atoms with Gasteiger partial charge in [-0.15, -0.1) is 0 Å². The van der Waals surface area contributed by atoms with Crippen molar-refractivity contribution < 1.29 is 9.47 Å². The summed E-state index contributed by atoms with van der Waals surface area (Å²) >= 11 is 0. The Kier molecular flexibility index (Phi) is 9.69. The first kappa shape index (κ1) is 22.1. The highest BCUT2D eigenvalue weighted by Crippen LogP contribution is 2.28. The standard InChI is InChI=1S/C22H36N4O2/c1-5-23-22(25-19-10-8-9-11-19)24-17-18-12-13-20(21(16-18)27-4)28-15-14-26(6-2)7-3/h8-9,12-13,16,19H,5-7,10-11,14-15,17H2,1-4H3,(H2,23,24,25). The SMILES string of the molecule is CCNC(=NCc1ccc(OCCN(CC)CC)c(OC)c1)NC1CC=CC1. The van der Waals surface area contributed by atoms with Crippen LogP contribution in [0.5, 0.6) is 11.5 Å². The molecule has 1 aliphatic carbocycles. The molecule has 0 aliphatic heterocycles. The van der Waals surface area contributed by atoms with Gasteiger partial charge in [-0.05, 0) is 50.6 Å². The fourth-order valence-electron chi connectivity index (χ4n) is 3.17. The monoisotopic (exact) mass is 388 g/mol. The van der Waals surface area contributed by atoms with E-state index in [-0.39, 0.29) is 0 Å². The van der Waals surface area contributed by atoms with Gasteiger partial charge in [0.15, 0.2) is 17.5 Å². The molecular weight excluding hydrogens is 352 g/mol. The van der Waals surface area contributed by atoms with Crippen LogP contribution in [0.2, 0.25) is 0 Å². The predicted octanol–water partition coefficient (Wildman–Crippen LogP) is 3.19. The Balaban J connectivity index is 1.95. The molecule has 0 amide bonds. The minimum atomic E-state index is 0.439. The fourth-order valence-corrected chi connectivity index (χ4v) is 3.17. The number of likely N-dealkylation sites (N-methyl/N-ethyl adjacent to an activating group) is 1. The zero-order valence-electron chi connectivity index (χ0n) is 17.8. The van der Waals surface area contributed by atoms with Gasteiger partial charge in [-0.1, -0.05) is 32.1 Å². The second kappa shape index (κ2) is 12.3. The number of rotatable bonds is 11. The maximum Gasteiger partial charge on any atom is 0.191 e. The lowest BCUT2D eigenvalue weighted by molar-refractivity contribution is 0.217. The first-order valence-corrected chi connectivity index (χ1v) is 10.4. The third kappa shape index (κ3) is 7.08. The van der Waals surface area contributed by atoms with Gasteiger partial charge in [-0.3, -0.25) is 0 Å². The summed E-state index contributed by atoms with van der Waals surface area (Å²) in [4.78, 5) is 7.06. The average Bonchev–Trinajstić information content (AvgIpc) is 3.23. The molecule has 0 aromatic heterocycles. The second-order valence-electron chi connectivity index (χ2n) is 6.84. The molecule has 1 aromatic rings. The van der Waals surface area contributed by atoms with Crippen LogP contribution in [0.25, 0.3) is 0 Å². The minimum absolute atomic E-state index is 0.439. The van der Waals surface area contributed by atoms with Gasteiger partial charge < -0.3 is 25.0 Å². The van der Waals surface area contributed by atoms with Gasteiger partial charge in [0, 0.05) is 19.1 Å². The third-order valence-corrected chi connectivity index (χ3v) is 4.90. The molecule has 0 atom stereocenters. The molecule has 28 heavy (non-hydrogen) atoms. The Morgan fingerprint density at radius 3 is 2.54 bits per heavy atom. The van der Waals surface area contributed by atoms with Crippen molar-refractivity contribution in [3.05, 3.63) is 35.9 Å². The van der Waals surface area contributed by atoms with E-state index in [0.717, 1.165) is 62.0 Å². The van der Waals surface area contributed by atoms with Crippen molar-refractivity contribution in [1.82, 2.24) is 15.5 Å². The molecule has 1 aromatic carbocycles. The molecule has 2 N–H and O–H groups in total. The van der Waals surface area contributed by atoms with E-state index in [0.29, 0.717) is 19.2 Å². The molecule has 0 heterocycles. The molecule has 6 heteroatoms. The first-order chi connectivity index (χ1) is 13.7. The van der Waals surface area contributed by atoms with E-state index in [1.165, 1.54) is 0 Å². The third-order valence-electron chi connectivity index (χ3n) is 4.90. The van der Waals surface area contributed by atoms with Gasteiger partial charge >= 0.3 is 0 Å². The molecule has 156 valence electrons. The van der Waals surface area contributed by atoms with E-state index in [2.05, 4.69) is 54.5 Å². The van der Waals surface area contributed by atoms with Crippen LogP contribution in [0.4, 0.5) is 0 Å². The van der Waals surface area contributed by atoms with Gasteiger partial charge in [0.25, 0.3) is 0 Å². The molecular formula is C22H36N4O2. The molecule has 6 nitrogen and oxygen atoms in total. The van der Waals surface area contributed by atoms with Crippen LogP contribution in [0.3, 0.4) is 0 Å². The smallest absolute Gasteiger partial charge is 0.191 e. The molecule has 0 unspecified atom stereocenters. The second-order valence-corrected chi connectivity index (χ2v) is 6.84. The highest BCUT2D eigenvalue weighted by molar-refractivity contribution is 5.80. The molecule has 0 spiro atoms. The van der Waals surface area contributed by atoms with E-state index in [9.17, 15) is 0 Å². The number of benzene rings is 1. The minimum Gasteiger partial charge on any atom is -0.493 e. The predicted molar refractivity (Wildman–Crippen MR) is 116 cm³/mol. The van der Waals surface area contributed by atoms with Crippen molar-refractivity contribution >= 4 is 5.96 Å². The van der Waals surface area contributed by atoms with E-state index < -0.39 is 0 Å². The topological polar surface area (TPSA) is 58.1 Å².